The third-order valence-electron chi connectivity index (χ3n) is 3.87. The summed E-state index contributed by atoms with van der Waals surface area (Å²) in [6.07, 6.45) is 0.881. The molecule has 0 bridgehead atoms. The second-order valence-electron chi connectivity index (χ2n) is 5.25. The van der Waals surface area contributed by atoms with Crippen LogP contribution < -0.4 is 11.2 Å². The molecule has 0 spiro atoms. The van der Waals surface area contributed by atoms with Crippen LogP contribution in [-0.2, 0) is 14.1 Å². The van der Waals surface area contributed by atoms with Gasteiger partial charge in [-0.2, -0.15) is 0 Å². The molecule has 0 fully saturated rings. The molecule has 1 heterocycles. The van der Waals surface area contributed by atoms with Crippen molar-refractivity contribution in [2.75, 3.05) is 26.2 Å². The van der Waals surface area contributed by atoms with E-state index < -0.39 is 11.2 Å². The van der Waals surface area contributed by atoms with Crippen molar-refractivity contribution >= 4 is 5.71 Å². The van der Waals surface area contributed by atoms with Crippen LogP contribution in [0, 0.1) is 0 Å². The molecule has 22 heavy (non-hydrogen) atoms. The average Bonchev–Trinajstić information content (AvgIpc) is 2.51. The molecule has 0 aliphatic heterocycles. The van der Waals surface area contributed by atoms with Gasteiger partial charge in [0.25, 0.3) is 5.56 Å². The molecule has 0 saturated heterocycles. The van der Waals surface area contributed by atoms with Crippen molar-refractivity contribution in [3.8, 4) is 5.88 Å². The summed E-state index contributed by atoms with van der Waals surface area (Å²) < 4.78 is 2.02. The summed E-state index contributed by atoms with van der Waals surface area (Å²) in [6.45, 7) is 9.43. The molecule has 7 heteroatoms. The Hall–Kier alpha value is -1.89. The molecular formula is C15H26N4O3. The van der Waals surface area contributed by atoms with E-state index in [1.807, 2.05) is 0 Å². The summed E-state index contributed by atoms with van der Waals surface area (Å²) in [5, 5.41) is 10.0. The van der Waals surface area contributed by atoms with Crippen LogP contribution in [0.25, 0.3) is 0 Å². The van der Waals surface area contributed by atoms with Gasteiger partial charge in [0.1, 0.15) is 5.56 Å². The van der Waals surface area contributed by atoms with Crippen LogP contribution in [0.3, 0.4) is 0 Å². The van der Waals surface area contributed by atoms with Gasteiger partial charge in [-0.1, -0.05) is 13.8 Å². The van der Waals surface area contributed by atoms with Gasteiger partial charge in [0.05, 0.1) is 0 Å². The first-order valence-electron chi connectivity index (χ1n) is 7.57. The first-order valence-corrected chi connectivity index (χ1v) is 7.57. The van der Waals surface area contributed by atoms with E-state index in [0.717, 1.165) is 35.2 Å². The lowest BCUT2D eigenvalue weighted by molar-refractivity contribution is 0.302. The highest BCUT2D eigenvalue weighted by molar-refractivity contribution is 6.00. The van der Waals surface area contributed by atoms with Crippen LogP contribution in [0.1, 0.15) is 32.8 Å². The van der Waals surface area contributed by atoms with Crippen molar-refractivity contribution in [2.45, 2.75) is 27.2 Å². The molecule has 0 saturated carbocycles. The largest absolute Gasteiger partial charge is 0.494 e. The summed E-state index contributed by atoms with van der Waals surface area (Å²) in [5.74, 6) is -0.335. The normalized spacial score (nSPS) is 12.2. The first-order chi connectivity index (χ1) is 10.3. The molecule has 124 valence electrons. The van der Waals surface area contributed by atoms with Crippen LogP contribution in [0.5, 0.6) is 5.88 Å². The monoisotopic (exact) mass is 310 g/mol. The van der Waals surface area contributed by atoms with E-state index in [-0.39, 0.29) is 11.4 Å². The Bertz CT molecular complexity index is 654. The van der Waals surface area contributed by atoms with Gasteiger partial charge in [-0.05, 0) is 33.0 Å². The Morgan fingerprint density at radius 3 is 2.32 bits per heavy atom. The highest BCUT2D eigenvalue weighted by atomic mass is 16.3. The average molecular weight is 310 g/mol. The molecule has 0 radical (unpaired) electrons. The fourth-order valence-corrected chi connectivity index (χ4v) is 2.31. The van der Waals surface area contributed by atoms with Crippen molar-refractivity contribution in [1.29, 1.82) is 0 Å². The minimum absolute atomic E-state index is 0.0902. The van der Waals surface area contributed by atoms with Crippen LogP contribution in [0.15, 0.2) is 14.6 Å². The number of rotatable bonds is 7. The van der Waals surface area contributed by atoms with Crippen molar-refractivity contribution in [3.63, 3.8) is 0 Å². The fourth-order valence-electron chi connectivity index (χ4n) is 2.31. The summed E-state index contributed by atoms with van der Waals surface area (Å²) >= 11 is 0. The lowest BCUT2D eigenvalue weighted by atomic mass is 10.2. The van der Waals surface area contributed by atoms with Crippen LogP contribution in [-0.4, -0.2) is 51.0 Å². The van der Waals surface area contributed by atoms with Gasteiger partial charge in [0.15, 0.2) is 0 Å². The van der Waals surface area contributed by atoms with Crippen LogP contribution in [0.4, 0.5) is 0 Å². The molecule has 1 N–H and O–H groups in total. The smallest absolute Gasteiger partial charge is 0.333 e. The standard InChI is InChI=1S/C15H26N4O3/c1-6-19(7-2)10-8-9-16-11(3)12-13(20)17(4)15(22)18(5)14(12)21/h20H,6-10H2,1-5H3. The molecule has 1 aromatic heterocycles. The van der Waals surface area contributed by atoms with Gasteiger partial charge in [0.2, 0.25) is 5.88 Å². The van der Waals surface area contributed by atoms with Crippen molar-refractivity contribution < 1.29 is 5.11 Å². The maximum atomic E-state index is 12.1. The molecule has 0 unspecified atom stereocenters. The van der Waals surface area contributed by atoms with Crippen molar-refractivity contribution in [2.24, 2.45) is 19.1 Å². The Balaban J connectivity index is 2.95. The predicted molar refractivity (Wildman–Crippen MR) is 88.1 cm³/mol. The maximum absolute atomic E-state index is 12.1. The summed E-state index contributed by atoms with van der Waals surface area (Å²) in [4.78, 5) is 30.5. The SMILES string of the molecule is CCN(CC)CCCN=C(C)c1c(O)n(C)c(=O)n(C)c1=O. The van der Waals surface area contributed by atoms with Gasteiger partial charge in [-0.25, -0.2) is 4.79 Å². The van der Waals surface area contributed by atoms with Gasteiger partial charge in [-0.3, -0.25) is 18.9 Å². The second-order valence-corrected chi connectivity index (χ2v) is 5.25. The van der Waals surface area contributed by atoms with E-state index in [9.17, 15) is 14.7 Å². The van der Waals surface area contributed by atoms with Gasteiger partial charge in [0, 0.05) is 26.4 Å². The quantitative estimate of drug-likeness (QED) is 0.581. The second kappa shape index (κ2) is 7.93. The van der Waals surface area contributed by atoms with E-state index in [2.05, 4.69) is 23.7 Å². The number of hydrogen-bond donors (Lipinski definition) is 1. The van der Waals surface area contributed by atoms with Crippen LogP contribution in [0.2, 0.25) is 0 Å². The molecular weight excluding hydrogens is 284 g/mol. The minimum Gasteiger partial charge on any atom is -0.494 e. The number of aliphatic imine (C=N–C) groups is 1. The van der Waals surface area contributed by atoms with Gasteiger partial charge < -0.3 is 10.0 Å². The van der Waals surface area contributed by atoms with Crippen molar-refractivity contribution in [3.05, 3.63) is 26.4 Å². The van der Waals surface area contributed by atoms with Crippen LogP contribution >= 0.6 is 0 Å². The summed E-state index contributed by atoms with van der Waals surface area (Å²) in [5.41, 5.74) is -0.535. The lowest BCUT2D eigenvalue weighted by Gasteiger charge is -2.16. The van der Waals surface area contributed by atoms with Gasteiger partial charge >= 0.3 is 5.69 Å². The number of aromatic nitrogens is 2. The Labute approximate surface area is 130 Å². The van der Waals surface area contributed by atoms with Crippen molar-refractivity contribution in [1.82, 2.24) is 14.0 Å². The molecule has 7 nitrogen and oxygen atoms in total. The Morgan fingerprint density at radius 2 is 1.77 bits per heavy atom. The topological polar surface area (TPSA) is 79.8 Å². The van der Waals surface area contributed by atoms with E-state index in [4.69, 9.17) is 0 Å². The van der Waals surface area contributed by atoms with Gasteiger partial charge in [-0.15, -0.1) is 0 Å². The number of nitrogens with zero attached hydrogens (tertiary/aromatic N) is 4. The number of aromatic hydroxyl groups is 1. The predicted octanol–water partition coefficient (Wildman–Crippen LogP) is 0.331. The molecule has 0 amide bonds. The highest BCUT2D eigenvalue weighted by Crippen LogP contribution is 2.10. The summed E-state index contributed by atoms with van der Waals surface area (Å²) in [7, 11) is 2.82. The molecule has 0 atom stereocenters. The molecule has 0 aromatic carbocycles. The van der Waals surface area contributed by atoms with E-state index in [1.54, 1.807) is 6.92 Å². The molecule has 1 aromatic rings. The van der Waals surface area contributed by atoms with E-state index >= 15 is 0 Å². The van der Waals surface area contributed by atoms with E-state index in [1.165, 1.54) is 14.1 Å². The van der Waals surface area contributed by atoms with E-state index in [0.29, 0.717) is 12.3 Å². The zero-order chi connectivity index (χ0) is 16.9. The summed E-state index contributed by atoms with van der Waals surface area (Å²) in [6, 6.07) is 0. The molecule has 0 aliphatic rings. The zero-order valence-electron chi connectivity index (χ0n) is 14.1. The first kappa shape index (κ1) is 18.2. The zero-order valence-corrected chi connectivity index (χ0v) is 14.1. The lowest BCUT2D eigenvalue weighted by Crippen LogP contribution is -2.39. The molecule has 1 rings (SSSR count). The Morgan fingerprint density at radius 1 is 1.18 bits per heavy atom. The maximum Gasteiger partial charge on any atom is 0.333 e. The highest BCUT2D eigenvalue weighted by Gasteiger charge is 2.16. The fraction of sp³-hybridized carbons (Fsp3) is 0.667. The third-order valence-corrected chi connectivity index (χ3v) is 3.87. The Kier molecular flexibility index (Phi) is 6.55. The molecule has 0 aliphatic carbocycles. The number of hydrogen-bond acceptors (Lipinski definition) is 5. The minimum atomic E-state index is -0.555. The third kappa shape index (κ3) is 3.85.